The normalized spacial score (nSPS) is 15.4. The van der Waals surface area contributed by atoms with Crippen molar-refractivity contribution in [2.75, 3.05) is 4.90 Å². The van der Waals surface area contributed by atoms with Crippen molar-refractivity contribution in [2.24, 2.45) is 5.92 Å². The van der Waals surface area contributed by atoms with E-state index in [9.17, 15) is 0 Å². The summed E-state index contributed by atoms with van der Waals surface area (Å²) in [6.07, 6.45) is 14.5. The van der Waals surface area contributed by atoms with Gasteiger partial charge in [0.15, 0.2) is 0 Å². The smallest absolute Gasteiger partial charge is 0.0546 e. The Morgan fingerprint density at radius 2 is 1.11 bits per heavy atom. The van der Waals surface area contributed by atoms with E-state index in [0.717, 1.165) is 17.8 Å². The maximum absolute atomic E-state index is 2.42. The first-order valence-electron chi connectivity index (χ1n) is 16.4. The number of hydrogen-bond acceptors (Lipinski definition) is 1. The molecule has 0 spiro atoms. The second-order valence-corrected chi connectivity index (χ2v) is 12.6. The van der Waals surface area contributed by atoms with Crippen molar-refractivity contribution in [1.29, 1.82) is 0 Å². The number of nitrogens with zero attached hydrogens (tertiary/aromatic N) is 1. The van der Waals surface area contributed by atoms with Gasteiger partial charge in [0.05, 0.1) is 5.69 Å². The van der Waals surface area contributed by atoms with Crippen molar-refractivity contribution in [3.8, 4) is 11.1 Å². The van der Waals surface area contributed by atoms with E-state index in [-0.39, 0.29) is 0 Å². The molecule has 2 aliphatic rings. The quantitative estimate of drug-likeness (QED) is 0.178. The monoisotopic (exact) mass is 599 g/mol. The van der Waals surface area contributed by atoms with Crippen LogP contribution in [0.2, 0.25) is 0 Å². The Morgan fingerprint density at radius 1 is 0.468 bits per heavy atom. The molecular weight excluding hydrogens is 567 g/mol. The maximum Gasteiger partial charge on any atom is 0.0546 e. The summed E-state index contributed by atoms with van der Waals surface area (Å²) in [5.41, 5.74) is 9.94. The molecule has 47 heavy (non-hydrogen) atoms. The SMILES string of the molecule is C1=CC2=CC=C(c3ccc(N(c4ccc(-c5ccc6ccccc6c5)cc4)c4cc5ccccc5c5ccccc45)cc3)C[C@H]2C=C1. The molecule has 0 radical (unpaired) electrons. The largest absolute Gasteiger partial charge is 0.310 e. The fourth-order valence-electron chi connectivity index (χ4n) is 7.32. The number of allylic oxidation sites excluding steroid dienone is 8. The molecule has 0 N–H and O–H groups in total. The molecule has 9 rings (SSSR count). The molecule has 222 valence electrons. The van der Waals surface area contributed by atoms with Crippen molar-refractivity contribution in [3.63, 3.8) is 0 Å². The van der Waals surface area contributed by atoms with Gasteiger partial charge in [-0.25, -0.2) is 0 Å². The van der Waals surface area contributed by atoms with Gasteiger partial charge >= 0.3 is 0 Å². The van der Waals surface area contributed by atoms with Crippen molar-refractivity contribution < 1.29 is 0 Å². The van der Waals surface area contributed by atoms with Crippen LogP contribution in [-0.4, -0.2) is 0 Å². The van der Waals surface area contributed by atoms with Crippen LogP contribution in [0.15, 0.2) is 188 Å². The lowest BCUT2D eigenvalue weighted by atomic mass is 9.82. The van der Waals surface area contributed by atoms with Crippen LogP contribution in [0, 0.1) is 5.92 Å². The molecule has 1 nitrogen and oxygen atoms in total. The highest BCUT2D eigenvalue weighted by molar-refractivity contribution is 6.14. The Bertz CT molecular complexity index is 2420. The Labute approximate surface area is 275 Å². The van der Waals surface area contributed by atoms with Gasteiger partial charge in [-0.2, -0.15) is 0 Å². The first kappa shape index (κ1) is 27.4. The Hall–Kier alpha value is -5.92. The van der Waals surface area contributed by atoms with E-state index in [1.807, 2.05) is 0 Å². The number of hydrogen-bond donors (Lipinski definition) is 0. The minimum atomic E-state index is 0.459. The second kappa shape index (κ2) is 11.5. The summed E-state index contributed by atoms with van der Waals surface area (Å²) in [6, 6.07) is 53.3. The van der Waals surface area contributed by atoms with Gasteiger partial charge in [-0.05, 0) is 97.6 Å². The Kier molecular flexibility index (Phi) is 6.68. The minimum Gasteiger partial charge on any atom is -0.310 e. The fraction of sp³-hybridized carbons (Fsp3) is 0.0435. The molecule has 0 heterocycles. The summed E-state index contributed by atoms with van der Waals surface area (Å²) in [5.74, 6) is 0.459. The Morgan fingerprint density at radius 3 is 1.89 bits per heavy atom. The van der Waals surface area contributed by atoms with Crippen molar-refractivity contribution in [2.45, 2.75) is 6.42 Å². The van der Waals surface area contributed by atoms with E-state index in [1.165, 1.54) is 65.8 Å². The molecular formula is C46H33N. The zero-order chi connectivity index (χ0) is 31.2. The highest BCUT2D eigenvalue weighted by Gasteiger charge is 2.20. The topological polar surface area (TPSA) is 3.24 Å². The summed E-state index contributed by atoms with van der Waals surface area (Å²) >= 11 is 0. The highest BCUT2D eigenvalue weighted by atomic mass is 15.1. The molecule has 7 aromatic rings. The van der Waals surface area contributed by atoms with Crippen LogP contribution in [-0.2, 0) is 0 Å². The van der Waals surface area contributed by atoms with Crippen LogP contribution >= 0.6 is 0 Å². The van der Waals surface area contributed by atoms with Gasteiger partial charge < -0.3 is 4.90 Å². The van der Waals surface area contributed by atoms with Crippen LogP contribution in [0.5, 0.6) is 0 Å². The van der Waals surface area contributed by atoms with Gasteiger partial charge in [0.25, 0.3) is 0 Å². The lowest BCUT2D eigenvalue weighted by molar-refractivity contribution is 0.793. The average molecular weight is 600 g/mol. The van der Waals surface area contributed by atoms with Crippen molar-refractivity contribution in [1.82, 2.24) is 0 Å². The molecule has 0 amide bonds. The average Bonchev–Trinajstić information content (AvgIpc) is 3.15. The van der Waals surface area contributed by atoms with Gasteiger partial charge in [-0.15, -0.1) is 0 Å². The van der Waals surface area contributed by atoms with E-state index in [1.54, 1.807) is 0 Å². The molecule has 1 heteroatoms. The van der Waals surface area contributed by atoms with Gasteiger partial charge in [0.1, 0.15) is 0 Å². The molecule has 0 unspecified atom stereocenters. The van der Waals surface area contributed by atoms with Crippen LogP contribution in [0.25, 0.3) is 49.0 Å². The zero-order valence-corrected chi connectivity index (χ0v) is 26.1. The van der Waals surface area contributed by atoms with Crippen LogP contribution < -0.4 is 4.90 Å². The number of rotatable bonds is 5. The third-order valence-electron chi connectivity index (χ3n) is 9.78. The third-order valence-corrected chi connectivity index (χ3v) is 9.78. The first-order valence-corrected chi connectivity index (χ1v) is 16.4. The van der Waals surface area contributed by atoms with Crippen molar-refractivity contribution in [3.05, 3.63) is 193 Å². The number of fused-ring (bicyclic) bond motifs is 5. The predicted octanol–water partition coefficient (Wildman–Crippen LogP) is 12.7. The highest BCUT2D eigenvalue weighted by Crippen LogP contribution is 2.43. The van der Waals surface area contributed by atoms with Gasteiger partial charge in [0.2, 0.25) is 0 Å². The van der Waals surface area contributed by atoms with Gasteiger partial charge in [-0.1, -0.05) is 146 Å². The maximum atomic E-state index is 2.42. The van der Waals surface area contributed by atoms with Gasteiger partial charge in [-0.3, -0.25) is 0 Å². The number of anilines is 3. The fourth-order valence-corrected chi connectivity index (χ4v) is 7.32. The molecule has 0 saturated carbocycles. The number of benzene rings is 7. The zero-order valence-electron chi connectivity index (χ0n) is 26.1. The minimum absolute atomic E-state index is 0.459. The lowest BCUT2D eigenvalue weighted by Gasteiger charge is -2.28. The molecule has 0 bridgehead atoms. The first-order chi connectivity index (χ1) is 23.3. The van der Waals surface area contributed by atoms with E-state index in [2.05, 4.69) is 187 Å². The van der Waals surface area contributed by atoms with Gasteiger partial charge in [0, 0.05) is 22.7 Å². The van der Waals surface area contributed by atoms with E-state index in [0.29, 0.717) is 5.92 Å². The standard InChI is InChI=1S/C46H33N/c1-3-11-36-29-38(19-17-32(36)9-1)34-21-25-41(26-22-34)47(46-31-40-13-5-6-14-43(40)44-15-7-8-16-45(44)46)42-27-23-35(24-28-42)39-20-18-33-10-2-4-12-37(33)30-39/h1-29,31,37H,30H2/t37-/m1/s1. The Balaban J connectivity index is 1.16. The molecule has 7 aromatic carbocycles. The van der Waals surface area contributed by atoms with Crippen LogP contribution in [0.4, 0.5) is 17.1 Å². The lowest BCUT2D eigenvalue weighted by Crippen LogP contribution is -2.11. The predicted molar refractivity (Wildman–Crippen MR) is 202 cm³/mol. The molecule has 0 saturated heterocycles. The van der Waals surface area contributed by atoms with E-state index < -0.39 is 0 Å². The molecule has 1 atom stereocenters. The molecule has 0 fully saturated rings. The summed E-state index contributed by atoms with van der Waals surface area (Å²) < 4.78 is 0. The van der Waals surface area contributed by atoms with Crippen molar-refractivity contribution >= 4 is 55.0 Å². The van der Waals surface area contributed by atoms with E-state index in [4.69, 9.17) is 0 Å². The molecule has 0 aliphatic heterocycles. The van der Waals surface area contributed by atoms with E-state index >= 15 is 0 Å². The summed E-state index contributed by atoms with van der Waals surface area (Å²) in [7, 11) is 0. The summed E-state index contributed by atoms with van der Waals surface area (Å²) in [5, 5.41) is 7.53. The molecule has 0 aromatic heterocycles. The summed E-state index contributed by atoms with van der Waals surface area (Å²) in [6.45, 7) is 0. The molecule has 2 aliphatic carbocycles. The second-order valence-electron chi connectivity index (χ2n) is 12.6. The van der Waals surface area contributed by atoms with Crippen LogP contribution in [0.1, 0.15) is 12.0 Å². The third kappa shape index (κ3) is 4.98. The van der Waals surface area contributed by atoms with Crippen LogP contribution in [0.3, 0.4) is 0 Å². The summed E-state index contributed by atoms with van der Waals surface area (Å²) in [4.78, 5) is 2.42.